The molecule has 0 aliphatic heterocycles. The van der Waals surface area contributed by atoms with E-state index in [1.807, 2.05) is 121 Å². The van der Waals surface area contributed by atoms with Crippen LogP contribution in [0, 0.1) is 6.92 Å². The van der Waals surface area contributed by atoms with Gasteiger partial charge in [0.05, 0.1) is 18.8 Å². The van der Waals surface area contributed by atoms with E-state index >= 15 is 0 Å². The number of oxazole rings is 1. The zero-order chi connectivity index (χ0) is 28.4. The summed E-state index contributed by atoms with van der Waals surface area (Å²) < 4.78 is 17.9. The highest BCUT2D eigenvalue weighted by molar-refractivity contribution is 5.69. The molecule has 0 saturated heterocycles. The molecule has 7 heteroatoms. The van der Waals surface area contributed by atoms with Crippen LogP contribution in [-0.2, 0) is 24.3 Å². The fraction of sp³-hybridized carbons (Fsp3) is 0.176. The van der Waals surface area contributed by atoms with Crippen LogP contribution in [0.5, 0.6) is 17.2 Å². The van der Waals surface area contributed by atoms with Crippen LogP contribution in [0.4, 0.5) is 0 Å². The lowest BCUT2D eigenvalue weighted by Gasteiger charge is -2.21. The summed E-state index contributed by atoms with van der Waals surface area (Å²) in [4.78, 5) is 18.2. The van der Waals surface area contributed by atoms with Crippen molar-refractivity contribution in [2.75, 3.05) is 13.2 Å². The minimum absolute atomic E-state index is 0.0932. The number of benzene rings is 4. The molecular formula is C34H32N2O5. The Morgan fingerprint density at radius 3 is 2.10 bits per heavy atom. The molecule has 1 aromatic heterocycles. The number of carboxylic acid groups (broad SMARTS) is 1. The van der Waals surface area contributed by atoms with Crippen molar-refractivity contribution in [3.63, 3.8) is 0 Å². The third kappa shape index (κ3) is 8.06. The molecule has 0 radical (unpaired) electrons. The van der Waals surface area contributed by atoms with Gasteiger partial charge in [0.25, 0.3) is 0 Å². The molecule has 208 valence electrons. The first-order valence-corrected chi connectivity index (χ1v) is 13.5. The lowest BCUT2D eigenvalue weighted by Crippen LogP contribution is -2.29. The Labute approximate surface area is 239 Å². The van der Waals surface area contributed by atoms with Crippen molar-refractivity contribution >= 4 is 5.97 Å². The standard InChI is InChI=1S/C34H32N2O5/c1-25-32(35-34(40-25)28-12-4-2-5-13-28)18-19-39-30-16-8-10-26(20-30)22-36(24-33(37)38)23-27-11-9-17-31(21-27)41-29-14-6-3-7-15-29/h2-17,20-21H,18-19,22-24H2,1H3,(H,37,38). The van der Waals surface area contributed by atoms with Gasteiger partial charge in [-0.1, -0.05) is 60.7 Å². The molecule has 0 saturated carbocycles. The zero-order valence-corrected chi connectivity index (χ0v) is 22.9. The number of para-hydroxylation sites is 1. The van der Waals surface area contributed by atoms with Crippen LogP contribution in [0.3, 0.4) is 0 Å². The van der Waals surface area contributed by atoms with Gasteiger partial charge in [-0.2, -0.15) is 0 Å². The number of hydrogen-bond acceptors (Lipinski definition) is 6. The van der Waals surface area contributed by atoms with Gasteiger partial charge in [-0.3, -0.25) is 9.69 Å². The second-order valence-electron chi connectivity index (χ2n) is 9.74. The molecule has 0 aliphatic carbocycles. The van der Waals surface area contributed by atoms with Gasteiger partial charge in [0.2, 0.25) is 5.89 Å². The van der Waals surface area contributed by atoms with Crippen molar-refractivity contribution < 1.29 is 23.8 Å². The smallest absolute Gasteiger partial charge is 0.317 e. The van der Waals surface area contributed by atoms with Gasteiger partial charge in [-0.15, -0.1) is 0 Å². The summed E-state index contributed by atoms with van der Waals surface area (Å²) in [6, 6.07) is 34.9. The minimum Gasteiger partial charge on any atom is -0.493 e. The van der Waals surface area contributed by atoms with E-state index in [2.05, 4.69) is 4.98 Å². The molecule has 0 amide bonds. The van der Waals surface area contributed by atoms with E-state index in [1.165, 1.54) is 0 Å². The van der Waals surface area contributed by atoms with E-state index in [1.54, 1.807) is 0 Å². The summed E-state index contributed by atoms with van der Waals surface area (Å²) in [5.74, 6) is 2.68. The summed E-state index contributed by atoms with van der Waals surface area (Å²) >= 11 is 0. The zero-order valence-electron chi connectivity index (χ0n) is 22.9. The SMILES string of the molecule is Cc1oc(-c2ccccc2)nc1CCOc1cccc(CN(CC(=O)O)Cc2cccc(Oc3ccccc3)c2)c1. The normalized spacial score (nSPS) is 11.0. The number of nitrogens with zero attached hydrogens (tertiary/aromatic N) is 2. The maximum absolute atomic E-state index is 11.7. The highest BCUT2D eigenvalue weighted by Gasteiger charge is 2.14. The van der Waals surface area contributed by atoms with Gasteiger partial charge in [-0.25, -0.2) is 4.98 Å². The predicted molar refractivity (Wildman–Crippen MR) is 157 cm³/mol. The van der Waals surface area contributed by atoms with Gasteiger partial charge in [0, 0.05) is 25.1 Å². The third-order valence-electron chi connectivity index (χ3n) is 6.47. The van der Waals surface area contributed by atoms with E-state index in [0.717, 1.165) is 39.6 Å². The van der Waals surface area contributed by atoms with Crippen molar-refractivity contribution in [1.82, 2.24) is 9.88 Å². The number of carbonyl (C=O) groups is 1. The van der Waals surface area contributed by atoms with E-state index in [4.69, 9.17) is 13.9 Å². The maximum Gasteiger partial charge on any atom is 0.317 e. The molecule has 7 nitrogen and oxygen atoms in total. The van der Waals surface area contributed by atoms with E-state index in [-0.39, 0.29) is 6.54 Å². The second-order valence-corrected chi connectivity index (χ2v) is 9.74. The van der Waals surface area contributed by atoms with Crippen LogP contribution >= 0.6 is 0 Å². The molecule has 1 N–H and O–H groups in total. The summed E-state index contributed by atoms with van der Waals surface area (Å²) in [7, 11) is 0. The first-order valence-electron chi connectivity index (χ1n) is 13.5. The van der Waals surface area contributed by atoms with Crippen molar-refractivity contribution in [1.29, 1.82) is 0 Å². The van der Waals surface area contributed by atoms with Crippen LogP contribution in [0.2, 0.25) is 0 Å². The second kappa shape index (κ2) is 13.5. The average molecular weight is 549 g/mol. The van der Waals surface area contributed by atoms with E-state index in [9.17, 15) is 9.90 Å². The summed E-state index contributed by atoms with van der Waals surface area (Å²) in [5.41, 5.74) is 3.73. The first-order chi connectivity index (χ1) is 20.0. The number of aromatic nitrogens is 1. The van der Waals surface area contributed by atoms with Gasteiger partial charge >= 0.3 is 5.97 Å². The highest BCUT2D eigenvalue weighted by atomic mass is 16.5. The Hall–Kier alpha value is -4.88. The number of ether oxygens (including phenoxy) is 2. The maximum atomic E-state index is 11.7. The first kappa shape index (κ1) is 27.7. The Morgan fingerprint density at radius 1 is 0.805 bits per heavy atom. The largest absolute Gasteiger partial charge is 0.493 e. The van der Waals surface area contributed by atoms with Crippen LogP contribution in [0.25, 0.3) is 11.5 Å². The van der Waals surface area contributed by atoms with Crippen LogP contribution in [0.15, 0.2) is 114 Å². The number of carboxylic acids is 1. The predicted octanol–water partition coefficient (Wildman–Crippen LogP) is 7.15. The topological polar surface area (TPSA) is 85.0 Å². The summed E-state index contributed by atoms with van der Waals surface area (Å²) in [5, 5.41) is 9.56. The van der Waals surface area contributed by atoms with E-state index in [0.29, 0.717) is 37.8 Å². The Kier molecular flexibility index (Phi) is 9.08. The number of hydrogen-bond donors (Lipinski definition) is 1. The van der Waals surface area contributed by atoms with Crippen LogP contribution in [0.1, 0.15) is 22.6 Å². The van der Waals surface area contributed by atoms with Crippen molar-refractivity contribution in [2.45, 2.75) is 26.4 Å². The molecule has 0 spiro atoms. The molecule has 0 bridgehead atoms. The lowest BCUT2D eigenvalue weighted by molar-refractivity contribution is -0.138. The van der Waals surface area contributed by atoms with Crippen LogP contribution < -0.4 is 9.47 Å². The Morgan fingerprint density at radius 2 is 1.41 bits per heavy atom. The molecule has 5 rings (SSSR count). The molecule has 5 aromatic rings. The third-order valence-corrected chi connectivity index (χ3v) is 6.47. The summed E-state index contributed by atoms with van der Waals surface area (Å²) in [6.45, 7) is 3.17. The molecule has 0 fully saturated rings. The molecule has 0 aliphatic rings. The monoisotopic (exact) mass is 548 g/mol. The minimum atomic E-state index is -0.882. The molecule has 41 heavy (non-hydrogen) atoms. The van der Waals surface area contributed by atoms with Gasteiger partial charge in [0.15, 0.2) is 0 Å². The average Bonchev–Trinajstić information content (AvgIpc) is 3.34. The fourth-order valence-corrected chi connectivity index (χ4v) is 4.57. The van der Waals surface area contributed by atoms with Crippen molar-refractivity contribution in [3.05, 3.63) is 132 Å². The number of aryl methyl sites for hydroxylation is 1. The molecule has 4 aromatic carbocycles. The molecule has 0 unspecified atom stereocenters. The molecule has 0 atom stereocenters. The highest BCUT2D eigenvalue weighted by Crippen LogP contribution is 2.24. The molecule has 1 heterocycles. The Balaban J connectivity index is 1.20. The van der Waals surface area contributed by atoms with Crippen molar-refractivity contribution in [3.8, 4) is 28.7 Å². The number of rotatable bonds is 13. The molecular weight excluding hydrogens is 516 g/mol. The van der Waals surface area contributed by atoms with Crippen LogP contribution in [-0.4, -0.2) is 34.1 Å². The summed E-state index contributed by atoms with van der Waals surface area (Å²) in [6.07, 6.45) is 0.610. The van der Waals surface area contributed by atoms with Gasteiger partial charge < -0.3 is 19.0 Å². The fourth-order valence-electron chi connectivity index (χ4n) is 4.57. The Bertz CT molecular complexity index is 1570. The van der Waals surface area contributed by atoms with E-state index < -0.39 is 5.97 Å². The van der Waals surface area contributed by atoms with Gasteiger partial charge in [0.1, 0.15) is 23.0 Å². The quantitative estimate of drug-likeness (QED) is 0.167. The lowest BCUT2D eigenvalue weighted by atomic mass is 10.1. The van der Waals surface area contributed by atoms with Gasteiger partial charge in [-0.05, 0) is 66.6 Å². The van der Waals surface area contributed by atoms with Crippen molar-refractivity contribution in [2.24, 2.45) is 0 Å². The number of aliphatic carboxylic acids is 1.